The second-order valence-electron chi connectivity index (χ2n) is 6.13. The highest BCUT2D eigenvalue weighted by molar-refractivity contribution is 7.08. The van der Waals surface area contributed by atoms with E-state index in [1.165, 1.54) is 12.1 Å². The number of nitrogens with zero attached hydrogens (tertiary/aromatic N) is 1. The lowest BCUT2D eigenvalue weighted by molar-refractivity contribution is 0.0690. The number of aromatic amines is 1. The first-order valence-electron chi connectivity index (χ1n) is 8.05. The van der Waals surface area contributed by atoms with Gasteiger partial charge in [-0.25, -0.2) is 14.2 Å². The number of aromatic nitrogens is 2. The highest BCUT2D eigenvalue weighted by Gasteiger charge is 2.17. The molecule has 4 aromatic rings. The number of fused-ring (bicyclic) bond motifs is 1. The van der Waals surface area contributed by atoms with Crippen LogP contribution in [0.2, 0.25) is 0 Å². The van der Waals surface area contributed by atoms with E-state index in [0.717, 1.165) is 27.7 Å². The average molecular weight is 366 g/mol. The van der Waals surface area contributed by atoms with Crippen LogP contribution in [0.15, 0.2) is 47.2 Å². The van der Waals surface area contributed by atoms with Gasteiger partial charge in [-0.2, -0.15) is 11.3 Å². The van der Waals surface area contributed by atoms with E-state index >= 15 is 0 Å². The molecule has 0 saturated carbocycles. The number of nitrogens with one attached hydrogen (secondary N) is 1. The molecule has 0 aliphatic carbocycles. The number of rotatable bonds is 4. The maximum Gasteiger partial charge on any atom is 0.354 e. The van der Waals surface area contributed by atoms with Gasteiger partial charge in [-0.3, -0.25) is 0 Å². The predicted octanol–water partition coefficient (Wildman–Crippen LogP) is 5.03. The standard InChI is InChI=1S/C20H15FN2O2S/c1-11-7-18-14(9-16(11)21)15(19(23-18)12-5-6-26-10-12)8-13-3-2-4-17(22-13)20(24)25/h2-7,9-10,23H,8H2,1H3,(H,24,25). The average Bonchev–Trinajstić information content (AvgIpc) is 3.25. The molecule has 0 bridgehead atoms. The second-order valence-corrected chi connectivity index (χ2v) is 6.91. The maximum atomic E-state index is 14.2. The molecule has 4 rings (SSSR count). The Morgan fingerprint density at radius 1 is 1.31 bits per heavy atom. The first kappa shape index (κ1) is 16.5. The van der Waals surface area contributed by atoms with E-state index in [0.29, 0.717) is 17.7 Å². The zero-order chi connectivity index (χ0) is 18.3. The van der Waals surface area contributed by atoms with Crippen LogP contribution in [-0.2, 0) is 6.42 Å². The molecule has 0 aliphatic heterocycles. The molecule has 0 saturated heterocycles. The van der Waals surface area contributed by atoms with Crippen molar-refractivity contribution in [3.63, 3.8) is 0 Å². The molecular weight excluding hydrogens is 351 g/mol. The molecular formula is C20H15FN2O2S. The Morgan fingerprint density at radius 2 is 2.15 bits per heavy atom. The Labute approximate surface area is 153 Å². The molecule has 26 heavy (non-hydrogen) atoms. The van der Waals surface area contributed by atoms with Crippen LogP contribution in [0, 0.1) is 12.7 Å². The minimum atomic E-state index is -1.06. The summed E-state index contributed by atoms with van der Waals surface area (Å²) in [5.74, 6) is -1.33. The van der Waals surface area contributed by atoms with E-state index in [1.54, 1.807) is 36.5 Å². The zero-order valence-corrected chi connectivity index (χ0v) is 14.7. The van der Waals surface area contributed by atoms with Gasteiger partial charge >= 0.3 is 5.97 Å². The van der Waals surface area contributed by atoms with Gasteiger partial charge in [0.05, 0.1) is 5.69 Å². The summed E-state index contributed by atoms with van der Waals surface area (Å²) >= 11 is 1.58. The van der Waals surface area contributed by atoms with Gasteiger partial charge in [0.25, 0.3) is 0 Å². The molecule has 0 atom stereocenters. The summed E-state index contributed by atoms with van der Waals surface area (Å²) < 4.78 is 14.2. The minimum Gasteiger partial charge on any atom is -0.477 e. The number of carboxylic acids is 1. The summed E-state index contributed by atoms with van der Waals surface area (Å²) in [6, 6.07) is 10.3. The molecule has 0 unspecified atom stereocenters. The predicted molar refractivity (Wildman–Crippen MR) is 100 cm³/mol. The fourth-order valence-corrected chi connectivity index (χ4v) is 3.74. The normalized spacial score (nSPS) is 11.2. The Balaban J connectivity index is 1.89. The number of thiophene rings is 1. The van der Waals surface area contributed by atoms with Crippen LogP contribution < -0.4 is 0 Å². The monoisotopic (exact) mass is 366 g/mol. The van der Waals surface area contributed by atoms with Crippen LogP contribution in [0.4, 0.5) is 4.39 Å². The number of hydrogen-bond acceptors (Lipinski definition) is 3. The van der Waals surface area contributed by atoms with Gasteiger partial charge in [-0.05, 0) is 53.8 Å². The second kappa shape index (κ2) is 6.38. The molecule has 0 radical (unpaired) electrons. The Bertz CT molecular complexity index is 1120. The number of pyridine rings is 1. The lowest BCUT2D eigenvalue weighted by atomic mass is 10.0. The van der Waals surface area contributed by atoms with Crippen molar-refractivity contribution < 1.29 is 14.3 Å². The summed E-state index contributed by atoms with van der Waals surface area (Å²) in [6.07, 6.45) is 0.412. The number of aryl methyl sites for hydroxylation is 1. The molecule has 6 heteroatoms. The quantitative estimate of drug-likeness (QED) is 0.532. The zero-order valence-electron chi connectivity index (χ0n) is 13.9. The molecule has 0 aliphatic rings. The Morgan fingerprint density at radius 3 is 2.88 bits per heavy atom. The Hall–Kier alpha value is -2.99. The summed E-state index contributed by atoms with van der Waals surface area (Å²) in [7, 11) is 0. The maximum absolute atomic E-state index is 14.2. The summed E-state index contributed by atoms with van der Waals surface area (Å²) in [4.78, 5) is 18.8. The van der Waals surface area contributed by atoms with Crippen LogP contribution in [-0.4, -0.2) is 21.0 Å². The fraction of sp³-hybridized carbons (Fsp3) is 0.100. The molecule has 0 spiro atoms. The van der Waals surface area contributed by atoms with Gasteiger partial charge in [0.15, 0.2) is 0 Å². The van der Waals surface area contributed by atoms with E-state index in [2.05, 4.69) is 9.97 Å². The number of carboxylic acid groups (broad SMARTS) is 1. The van der Waals surface area contributed by atoms with Gasteiger partial charge < -0.3 is 10.1 Å². The third-order valence-electron chi connectivity index (χ3n) is 4.38. The van der Waals surface area contributed by atoms with E-state index < -0.39 is 5.97 Å². The van der Waals surface area contributed by atoms with Crippen molar-refractivity contribution >= 4 is 28.2 Å². The number of halogens is 1. The van der Waals surface area contributed by atoms with Gasteiger partial charge in [0.1, 0.15) is 11.5 Å². The van der Waals surface area contributed by atoms with Gasteiger partial charge in [-0.1, -0.05) is 6.07 Å². The largest absolute Gasteiger partial charge is 0.477 e. The number of carbonyl (C=O) groups is 1. The highest BCUT2D eigenvalue weighted by Crippen LogP contribution is 2.34. The SMILES string of the molecule is Cc1cc2[nH]c(-c3ccsc3)c(Cc3cccc(C(=O)O)n3)c2cc1F. The molecule has 130 valence electrons. The number of aromatic carboxylic acids is 1. The summed E-state index contributed by atoms with van der Waals surface area (Å²) in [6.45, 7) is 1.73. The minimum absolute atomic E-state index is 0.00134. The van der Waals surface area contributed by atoms with Crippen molar-refractivity contribution in [1.82, 2.24) is 9.97 Å². The number of hydrogen-bond donors (Lipinski definition) is 2. The van der Waals surface area contributed by atoms with Crippen molar-refractivity contribution in [2.75, 3.05) is 0 Å². The van der Waals surface area contributed by atoms with Crippen molar-refractivity contribution in [1.29, 1.82) is 0 Å². The smallest absolute Gasteiger partial charge is 0.354 e. The van der Waals surface area contributed by atoms with Gasteiger partial charge in [-0.15, -0.1) is 0 Å². The third-order valence-corrected chi connectivity index (χ3v) is 5.06. The number of benzene rings is 1. The van der Waals surface area contributed by atoms with Crippen molar-refractivity contribution in [2.24, 2.45) is 0 Å². The molecule has 1 aromatic carbocycles. The highest BCUT2D eigenvalue weighted by atomic mass is 32.1. The number of H-pyrrole nitrogens is 1. The first-order chi connectivity index (χ1) is 12.5. The third kappa shape index (κ3) is 2.88. The van der Waals surface area contributed by atoms with Crippen molar-refractivity contribution in [2.45, 2.75) is 13.3 Å². The Kier molecular flexibility index (Phi) is 4.05. The molecule has 3 heterocycles. The molecule has 0 fully saturated rings. The van der Waals surface area contributed by atoms with E-state index in [9.17, 15) is 9.18 Å². The molecule has 2 N–H and O–H groups in total. The summed E-state index contributed by atoms with van der Waals surface area (Å²) in [5.41, 5.74) is 4.90. The summed E-state index contributed by atoms with van der Waals surface area (Å²) in [5, 5.41) is 14.0. The van der Waals surface area contributed by atoms with Gasteiger partial charge in [0, 0.05) is 34.0 Å². The fourth-order valence-electron chi connectivity index (χ4n) is 3.09. The topological polar surface area (TPSA) is 66.0 Å². The van der Waals surface area contributed by atoms with Crippen molar-refractivity contribution in [3.8, 4) is 11.3 Å². The molecule has 0 amide bonds. The van der Waals surface area contributed by atoms with E-state index in [-0.39, 0.29) is 11.5 Å². The van der Waals surface area contributed by atoms with Crippen molar-refractivity contribution in [3.05, 3.63) is 75.5 Å². The first-order valence-corrected chi connectivity index (χ1v) is 8.99. The molecule has 3 aromatic heterocycles. The van der Waals surface area contributed by atoms with Crippen LogP contribution in [0.5, 0.6) is 0 Å². The molecule has 4 nitrogen and oxygen atoms in total. The van der Waals surface area contributed by atoms with E-state index in [1.807, 2.05) is 16.8 Å². The van der Waals surface area contributed by atoms with Crippen LogP contribution in [0.25, 0.3) is 22.2 Å². The lowest BCUT2D eigenvalue weighted by Crippen LogP contribution is -2.03. The van der Waals surface area contributed by atoms with E-state index in [4.69, 9.17) is 5.11 Å². The van der Waals surface area contributed by atoms with Crippen LogP contribution in [0.3, 0.4) is 0 Å². The van der Waals surface area contributed by atoms with Gasteiger partial charge in [0.2, 0.25) is 0 Å². The van der Waals surface area contributed by atoms with Crippen LogP contribution in [0.1, 0.15) is 27.3 Å². The lowest BCUT2D eigenvalue weighted by Gasteiger charge is -2.05. The van der Waals surface area contributed by atoms with Crippen LogP contribution >= 0.6 is 11.3 Å².